The summed E-state index contributed by atoms with van der Waals surface area (Å²) in [4.78, 5) is 22.6. The Kier molecular flexibility index (Phi) is 11.4. The second-order valence-corrected chi connectivity index (χ2v) is 9.22. The van der Waals surface area contributed by atoms with Crippen LogP contribution in [-0.2, 0) is 36.8 Å². The topological polar surface area (TPSA) is 137 Å². The number of hydrogen-bond acceptors (Lipinski definition) is 8. The molecule has 1 amide bonds. The summed E-state index contributed by atoms with van der Waals surface area (Å²) < 4.78 is 46.8. The number of aliphatic carboxylic acids is 1. The van der Waals surface area contributed by atoms with Gasteiger partial charge in [-0.1, -0.05) is 0 Å². The molecule has 0 aliphatic carbocycles. The molecule has 0 saturated carbocycles. The monoisotopic (exact) mass is 403 g/mol. The second-order valence-electron chi connectivity index (χ2n) is 4.59. The van der Waals surface area contributed by atoms with Gasteiger partial charge in [0.1, 0.15) is 0 Å². The van der Waals surface area contributed by atoms with Gasteiger partial charge in [0, 0.05) is 6.42 Å². The second kappa shape index (κ2) is 11.8. The summed E-state index contributed by atoms with van der Waals surface area (Å²) in [6.45, 7) is 6.10. The van der Waals surface area contributed by atoms with Gasteiger partial charge in [0.2, 0.25) is 11.4 Å². The van der Waals surface area contributed by atoms with Crippen LogP contribution in [0, 0.1) is 0 Å². The van der Waals surface area contributed by atoms with E-state index >= 15 is 0 Å². The highest BCUT2D eigenvalue weighted by molar-refractivity contribution is 7.72. The maximum atomic E-state index is 13.1. The largest absolute Gasteiger partial charge is 0.481 e. The first-order chi connectivity index (χ1) is 11.7. The van der Waals surface area contributed by atoms with Crippen LogP contribution >= 0.6 is 15.2 Å². The van der Waals surface area contributed by atoms with Gasteiger partial charge in [-0.3, -0.25) is 18.7 Å². The van der Waals surface area contributed by atoms with E-state index in [1.54, 1.807) is 27.7 Å². The number of carbonyl (C=O) groups is 2. The van der Waals surface area contributed by atoms with Crippen LogP contribution in [0.2, 0.25) is 0 Å². The SMILES string of the molecule is CCOP(=O)(OCC)C(NC(=O)CCC(=O)O)P(=O)(OCC)OCC. The van der Waals surface area contributed by atoms with Crippen molar-refractivity contribution in [2.24, 2.45) is 0 Å². The number of nitrogens with one attached hydrogen (secondary N) is 1. The summed E-state index contributed by atoms with van der Waals surface area (Å²) in [5, 5.41) is 10.9. The van der Waals surface area contributed by atoms with Gasteiger partial charge in [-0.2, -0.15) is 0 Å². The molecule has 0 heterocycles. The molecule has 148 valence electrons. The van der Waals surface area contributed by atoms with E-state index in [2.05, 4.69) is 5.32 Å². The summed E-state index contributed by atoms with van der Waals surface area (Å²) in [5.74, 6) is -1.96. The fraction of sp³-hybridized carbons (Fsp3) is 0.846. The molecule has 0 spiro atoms. The molecule has 10 nitrogen and oxygen atoms in total. The zero-order valence-electron chi connectivity index (χ0n) is 14.9. The number of carboxylic acids is 1. The number of carboxylic acid groups (broad SMARTS) is 1. The van der Waals surface area contributed by atoms with Crippen molar-refractivity contribution in [1.29, 1.82) is 0 Å². The standard InChI is InChI=1S/C13H27NO9P2/c1-5-20-24(18,21-6-2)13(14-11(15)9-10-12(16)17)25(19,22-7-3)23-8-4/h13H,5-10H2,1-4H3,(H,14,15)(H,16,17). The Morgan fingerprint density at radius 1 is 0.840 bits per heavy atom. The number of rotatable bonds is 14. The molecule has 2 N–H and O–H groups in total. The number of amides is 1. The zero-order chi connectivity index (χ0) is 19.5. The fourth-order valence-corrected chi connectivity index (χ4v) is 6.79. The zero-order valence-corrected chi connectivity index (χ0v) is 16.7. The first kappa shape index (κ1) is 24.2. The van der Waals surface area contributed by atoms with Crippen LogP contribution in [0.1, 0.15) is 40.5 Å². The van der Waals surface area contributed by atoms with Crippen LogP contribution in [0.3, 0.4) is 0 Å². The smallest absolute Gasteiger partial charge is 0.365 e. The van der Waals surface area contributed by atoms with Crippen LogP contribution in [0.15, 0.2) is 0 Å². The van der Waals surface area contributed by atoms with Crippen molar-refractivity contribution in [3.63, 3.8) is 0 Å². The Morgan fingerprint density at radius 3 is 1.48 bits per heavy atom. The Morgan fingerprint density at radius 2 is 1.20 bits per heavy atom. The summed E-state index contributed by atoms with van der Waals surface area (Å²) in [6, 6.07) is 0. The number of hydrogen-bond donors (Lipinski definition) is 2. The van der Waals surface area contributed by atoms with Crippen molar-refractivity contribution < 1.29 is 41.9 Å². The molecule has 0 aromatic rings. The molecule has 0 rings (SSSR count). The van der Waals surface area contributed by atoms with Gasteiger partial charge in [0.25, 0.3) is 0 Å². The normalized spacial score (nSPS) is 12.4. The molecule has 0 bridgehead atoms. The van der Waals surface area contributed by atoms with Gasteiger partial charge in [0.05, 0.1) is 32.8 Å². The van der Waals surface area contributed by atoms with Crippen molar-refractivity contribution >= 4 is 27.1 Å². The lowest BCUT2D eigenvalue weighted by Crippen LogP contribution is -2.37. The van der Waals surface area contributed by atoms with Crippen LogP contribution in [-0.4, -0.2) is 48.9 Å². The van der Waals surface area contributed by atoms with E-state index in [0.29, 0.717) is 0 Å². The third-order valence-corrected chi connectivity index (χ3v) is 8.32. The highest BCUT2D eigenvalue weighted by Gasteiger charge is 2.51. The lowest BCUT2D eigenvalue weighted by atomic mass is 10.3. The highest BCUT2D eigenvalue weighted by atomic mass is 31.2. The van der Waals surface area contributed by atoms with E-state index in [0.717, 1.165) is 0 Å². The first-order valence-electron chi connectivity index (χ1n) is 7.97. The van der Waals surface area contributed by atoms with Crippen molar-refractivity contribution in [2.75, 3.05) is 26.4 Å². The number of carbonyl (C=O) groups excluding carboxylic acids is 1. The molecular formula is C13H27NO9P2. The molecule has 0 aromatic carbocycles. The molecule has 0 atom stereocenters. The average molecular weight is 403 g/mol. The average Bonchev–Trinajstić information content (AvgIpc) is 2.51. The predicted molar refractivity (Wildman–Crippen MR) is 90.5 cm³/mol. The molecular weight excluding hydrogens is 376 g/mol. The van der Waals surface area contributed by atoms with Gasteiger partial charge in [-0.25, -0.2) is 0 Å². The molecule has 0 saturated heterocycles. The Bertz CT molecular complexity index is 476. The van der Waals surface area contributed by atoms with Crippen LogP contribution in [0.25, 0.3) is 0 Å². The molecule has 0 aliphatic heterocycles. The maximum absolute atomic E-state index is 13.1. The van der Waals surface area contributed by atoms with Gasteiger partial charge < -0.3 is 28.5 Å². The van der Waals surface area contributed by atoms with Crippen molar-refractivity contribution in [2.45, 2.75) is 46.1 Å². The fourth-order valence-electron chi connectivity index (χ4n) is 1.84. The lowest BCUT2D eigenvalue weighted by molar-refractivity contribution is -0.138. The third kappa shape index (κ3) is 7.98. The van der Waals surface area contributed by atoms with Crippen molar-refractivity contribution in [3.8, 4) is 0 Å². The summed E-state index contributed by atoms with van der Waals surface area (Å²) in [6.07, 6.45) is -0.845. The van der Waals surface area contributed by atoms with Gasteiger partial charge in [-0.05, 0) is 27.7 Å². The van der Waals surface area contributed by atoms with E-state index in [1.807, 2.05) is 0 Å². The molecule has 0 fully saturated rings. The van der Waals surface area contributed by atoms with E-state index in [4.69, 9.17) is 23.2 Å². The summed E-state index contributed by atoms with van der Waals surface area (Å²) in [7, 11) is -8.21. The molecule has 0 aliphatic rings. The van der Waals surface area contributed by atoms with E-state index in [1.165, 1.54) is 0 Å². The highest BCUT2D eigenvalue weighted by Crippen LogP contribution is 2.69. The van der Waals surface area contributed by atoms with Gasteiger partial charge >= 0.3 is 21.2 Å². The Labute approximate surface area is 147 Å². The first-order valence-corrected chi connectivity index (χ1v) is 11.2. The molecule has 0 aromatic heterocycles. The van der Waals surface area contributed by atoms with E-state index in [-0.39, 0.29) is 26.4 Å². The minimum Gasteiger partial charge on any atom is -0.481 e. The van der Waals surface area contributed by atoms with E-state index < -0.39 is 45.4 Å². The van der Waals surface area contributed by atoms with Gasteiger partial charge in [0.15, 0.2) is 0 Å². The Balaban J connectivity index is 5.75. The van der Waals surface area contributed by atoms with Crippen molar-refractivity contribution in [1.82, 2.24) is 5.32 Å². The third-order valence-electron chi connectivity index (χ3n) is 2.69. The van der Waals surface area contributed by atoms with E-state index in [9.17, 15) is 18.7 Å². The van der Waals surface area contributed by atoms with Crippen LogP contribution in [0.4, 0.5) is 0 Å². The predicted octanol–water partition coefficient (Wildman–Crippen LogP) is 2.78. The maximum Gasteiger partial charge on any atom is 0.365 e. The minimum absolute atomic E-state index is 0.0307. The minimum atomic E-state index is -4.10. The molecule has 12 heteroatoms. The quantitative estimate of drug-likeness (QED) is 0.419. The van der Waals surface area contributed by atoms with Crippen molar-refractivity contribution in [3.05, 3.63) is 0 Å². The molecule has 0 unspecified atom stereocenters. The molecule has 0 radical (unpaired) electrons. The summed E-state index contributed by atoms with van der Waals surface area (Å²) in [5.41, 5.74) is -1.69. The van der Waals surface area contributed by atoms with Gasteiger partial charge in [-0.15, -0.1) is 0 Å². The Hall–Kier alpha value is -0.760. The molecule has 25 heavy (non-hydrogen) atoms. The van der Waals surface area contributed by atoms with Crippen LogP contribution < -0.4 is 5.32 Å². The summed E-state index contributed by atoms with van der Waals surface area (Å²) >= 11 is 0. The van der Waals surface area contributed by atoms with Crippen LogP contribution in [0.5, 0.6) is 0 Å². The lowest BCUT2D eigenvalue weighted by Gasteiger charge is -2.31.